The first-order chi connectivity index (χ1) is 11.8. The molecule has 0 atom stereocenters. The first-order valence-electron chi connectivity index (χ1n) is 10.7. The van der Waals surface area contributed by atoms with Crippen molar-refractivity contribution in [2.75, 3.05) is 0 Å². The molecule has 0 saturated carbocycles. The molecule has 0 aromatic heterocycles. The summed E-state index contributed by atoms with van der Waals surface area (Å²) in [7, 11) is 0. The molecule has 0 aliphatic rings. The van der Waals surface area contributed by atoms with Gasteiger partial charge in [0.2, 0.25) is 0 Å². The van der Waals surface area contributed by atoms with Crippen molar-refractivity contribution in [3.8, 4) is 0 Å². The van der Waals surface area contributed by atoms with Gasteiger partial charge in [-0.05, 0) is 79.1 Å². The average molecular weight is 457 g/mol. The molecule has 0 heterocycles. The van der Waals surface area contributed by atoms with E-state index in [1.807, 2.05) is 111 Å². The minimum atomic E-state index is -0.500. The van der Waals surface area contributed by atoms with E-state index in [2.05, 4.69) is 0 Å². The van der Waals surface area contributed by atoms with Crippen molar-refractivity contribution in [1.82, 2.24) is 0 Å². The number of rotatable bonds is 4. The summed E-state index contributed by atoms with van der Waals surface area (Å²) < 4.78 is 0. The van der Waals surface area contributed by atoms with E-state index in [1.54, 1.807) is 0 Å². The fourth-order valence-corrected chi connectivity index (χ4v) is 0. The molecular weight excluding hydrogens is 400 g/mol. The van der Waals surface area contributed by atoms with Crippen LogP contribution < -0.4 is 0 Å². The van der Waals surface area contributed by atoms with Crippen LogP contribution in [0.3, 0.4) is 0 Å². The molecular formula is C24H56O4Ti. The molecule has 0 aromatic carbocycles. The number of hydrogen-bond acceptors (Lipinski definition) is 4. The van der Waals surface area contributed by atoms with Crippen LogP contribution in [0.5, 0.6) is 0 Å². The van der Waals surface area contributed by atoms with Crippen molar-refractivity contribution in [3.63, 3.8) is 0 Å². The van der Waals surface area contributed by atoms with Crippen LogP contribution in [0.1, 0.15) is 111 Å². The Labute approximate surface area is 198 Å². The molecule has 0 radical (unpaired) electrons. The van der Waals surface area contributed by atoms with Crippen LogP contribution in [0.4, 0.5) is 0 Å². The molecule has 0 aliphatic carbocycles. The fourth-order valence-electron chi connectivity index (χ4n) is 0. The summed E-state index contributed by atoms with van der Waals surface area (Å²) in [6.07, 6.45) is 0. The Morgan fingerprint density at radius 2 is 0.379 bits per heavy atom. The van der Waals surface area contributed by atoms with E-state index in [-0.39, 0.29) is 21.7 Å². The van der Waals surface area contributed by atoms with E-state index in [1.165, 1.54) is 0 Å². The molecule has 0 bridgehead atoms. The zero-order chi connectivity index (χ0) is 24.3. The van der Waals surface area contributed by atoms with Crippen LogP contribution in [0.15, 0.2) is 0 Å². The Morgan fingerprint density at radius 1 is 0.345 bits per heavy atom. The van der Waals surface area contributed by atoms with Crippen molar-refractivity contribution in [2.24, 2.45) is 23.7 Å². The normalized spacial score (nSPS) is 12.4. The van der Waals surface area contributed by atoms with E-state index in [9.17, 15) is 0 Å². The van der Waals surface area contributed by atoms with Crippen LogP contribution in [-0.2, 0) is 21.7 Å². The van der Waals surface area contributed by atoms with Crippen molar-refractivity contribution >= 4 is 0 Å². The topological polar surface area (TPSA) is 80.9 Å². The van der Waals surface area contributed by atoms with Gasteiger partial charge in [0.1, 0.15) is 0 Å². The van der Waals surface area contributed by atoms with Gasteiger partial charge in [0.15, 0.2) is 0 Å². The Balaban J connectivity index is -0.0000000873. The summed E-state index contributed by atoms with van der Waals surface area (Å²) in [5.74, 6) is 1.42. The van der Waals surface area contributed by atoms with Crippen molar-refractivity contribution < 1.29 is 42.1 Å². The minimum absolute atomic E-state index is 0. The summed E-state index contributed by atoms with van der Waals surface area (Å²) in [5.41, 5.74) is -2.00. The van der Waals surface area contributed by atoms with Crippen LogP contribution in [-0.4, -0.2) is 42.8 Å². The second-order valence-corrected chi connectivity index (χ2v) is 11.2. The first-order valence-corrected chi connectivity index (χ1v) is 10.7. The third kappa shape index (κ3) is 33.4. The monoisotopic (exact) mass is 456 g/mol. The van der Waals surface area contributed by atoms with E-state index >= 15 is 0 Å². The van der Waals surface area contributed by atoms with Crippen molar-refractivity contribution in [1.29, 1.82) is 0 Å². The molecule has 5 heteroatoms. The molecule has 0 aromatic rings. The molecule has 0 unspecified atom stereocenters. The predicted molar refractivity (Wildman–Crippen MR) is 125 cm³/mol. The Morgan fingerprint density at radius 3 is 0.379 bits per heavy atom. The standard InChI is InChI=1S/4C6H14O.Ti/c4*1-5(2)6(3,4)7;/h4*5,7H,1-4H3;. The van der Waals surface area contributed by atoms with Gasteiger partial charge in [-0.15, -0.1) is 0 Å². The number of aliphatic hydroxyl groups is 4. The van der Waals surface area contributed by atoms with Crippen molar-refractivity contribution in [3.05, 3.63) is 0 Å². The fraction of sp³-hybridized carbons (Fsp3) is 1.00. The van der Waals surface area contributed by atoms with E-state index in [4.69, 9.17) is 20.4 Å². The molecule has 4 N–H and O–H groups in total. The zero-order valence-corrected chi connectivity index (χ0v) is 24.2. The summed E-state index contributed by atoms with van der Waals surface area (Å²) in [6, 6.07) is 0. The summed E-state index contributed by atoms with van der Waals surface area (Å²) in [6.45, 7) is 30.5. The molecule has 0 amide bonds. The summed E-state index contributed by atoms with van der Waals surface area (Å²) in [4.78, 5) is 0. The molecule has 0 spiro atoms. The summed E-state index contributed by atoms with van der Waals surface area (Å²) in [5, 5.41) is 36.4. The SMILES string of the molecule is CC(C)C(C)(C)O.CC(C)C(C)(C)O.CC(C)C(C)(C)O.CC(C)C(C)(C)O.[Ti]. The second-order valence-electron chi connectivity index (χ2n) is 11.2. The van der Waals surface area contributed by atoms with Gasteiger partial charge in [0, 0.05) is 21.7 Å². The molecule has 29 heavy (non-hydrogen) atoms. The van der Waals surface area contributed by atoms with Crippen LogP contribution in [0, 0.1) is 23.7 Å². The molecule has 4 nitrogen and oxygen atoms in total. The van der Waals surface area contributed by atoms with Crippen LogP contribution in [0.25, 0.3) is 0 Å². The smallest absolute Gasteiger partial charge is 0.0614 e. The minimum Gasteiger partial charge on any atom is -0.390 e. The zero-order valence-electron chi connectivity index (χ0n) is 22.6. The first kappa shape index (κ1) is 40.0. The maximum absolute atomic E-state index is 9.09. The predicted octanol–water partition coefficient (Wildman–Crippen LogP) is 5.65. The van der Waals surface area contributed by atoms with Gasteiger partial charge in [0.05, 0.1) is 22.4 Å². The van der Waals surface area contributed by atoms with Gasteiger partial charge in [-0.3, -0.25) is 0 Å². The Bertz CT molecular complexity index is 277. The molecule has 0 aliphatic heterocycles. The molecule has 180 valence electrons. The molecule has 0 fully saturated rings. The van der Waals surface area contributed by atoms with E-state index < -0.39 is 22.4 Å². The van der Waals surface area contributed by atoms with Gasteiger partial charge >= 0.3 is 0 Å². The van der Waals surface area contributed by atoms with Gasteiger partial charge in [-0.1, -0.05) is 55.4 Å². The maximum atomic E-state index is 9.09. The average Bonchev–Trinajstić information content (AvgIpc) is 2.35. The Kier molecular flexibility index (Phi) is 22.4. The second kappa shape index (κ2) is 16.2. The van der Waals surface area contributed by atoms with E-state index in [0.29, 0.717) is 23.7 Å². The Hall–Kier alpha value is 0.554. The van der Waals surface area contributed by atoms with Gasteiger partial charge in [-0.25, -0.2) is 0 Å². The van der Waals surface area contributed by atoms with Crippen LogP contribution in [0.2, 0.25) is 0 Å². The quantitative estimate of drug-likeness (QED) is 0.412. The third-order valence-electron chi connectivity index (χ3n) is 5.65. The van der Waals surface area contributed by atoms with Gasteiger partial charge in [-0.2, -0.15) is 0 Å². The van der Waals surface area contributed by atoms with Crippen LogP contribution >= 0.6 is 0 Å². The van der Waals surface area contributed by atoms with Gasteiger partial charge < -0.3 is 20.4 Å². The van der Waals surface area contributed by atoms with Gasteiger partial charge in [0.25, 0.3) is 0 Å². The largest absolute Gasteiger partial charge is 0.390 e. The molecule has 0 saturated heterocycles. The van der Waals surface area contributed by atoms with E-state index in [0.717, 1.165) is 0 Å². The van der Waals surface area contributed by atoms with Crippen molar-refractivity contribution in [2.45, 2.75) is 133 Å². The maximum Gasteiger partial charge on any atom is 0.0614 e. The number of hydrogen-bond donors (Lipinski definition) is 4. The summed E-state index contributed by atoms with van der Waals surface area (Å²) >= 11 is 0. The third-order valence-corrected chi connectivity index (χ3v) is 5.65. The molecule has 0 rings (SSSR count).